The number of pyridine rings is 1. The molecule has 4 heteroatoms. The number of hydrogen-bond acceptors (Lipinski definition) is 3. The van der Waals surface area contributed by atoms with E-state index >= 15 is 0 Å². The number of aromatic nitrogens is 1. The first-order valence-corrected chi connectivity index (χ1v) is 8.98. The molecule has 1 N–H and O–H groups in total. The van der Waals surface area contributed by atoms with E-state index in [0.717, 1.165) is 27.6 Å². The summed E-state index contributed by atoms with van der Waals surface area (Å²) in [4.78, 5) is 4.53. The van der Waals surface area contributed by atoms with Crippen LogP contribution in [-0.4, -0.2) is 18.1 Å². The molecule has 2 aromatic carbocycles. The largest absolute Gasteiger partial charge is 0.489 e. The summed E-state index contributed by atoms with van der Waals surface area (Å²) in [6.07, 6.45) is 4.01. The Balaban J connectivity index is 1.57. The van der Waals surface area contributed by atoms with E-state index in [2.05, 4.69) is 28.5 Å². The summed E-state index contributed by atoms with van der Waals surface area (Å²) in [5.74, 6) is 0.937. The van der Waals surface area contributed by atoms with E-state index in [1.54, 1.807) is 0 Å². The van der Waals surface area contributed by atoms with Crippen molar-refractivity contribution in [2.24, 2.45) is 0 Å². The van der Waals surface area contributed by atoms with Gasteiger partial charge in [-0.2, -0.15) is 0 Å². The maximum absolute atomic E-state index is 6.20. The average Bonchev–Trinajstić information content (AvgIpc) is 2.69. The van der Waals surface area contributed by atoms with Crippen molar-refractivity contribution in [3.63, 3.8) is 0 Å². The highest BCUT2D eigenvalue weighted by Crippen LogP contribution is 2.27. The van der Waals surface area contributed by atoms with E-state index < -0.39 is 0 Å². The molecule has 26 heavy (non-hydrogen) atoms. The molecule has 1 atom stereocenters. The lowest BCUT2D eigenvalue weighted by Gasteiger charge is -2.22. The molecule has 1 aromatic heterocycles. The van der Waals surface area contributed by atoms with Crippen LogP contribution in [0.15, 0.2) is 78.5 Å². The fourth-order valence-corrected chi connectivity index (χ4v) is 3.32. The first-order chi connectivity index (χ1) is 12.8. The summed E-state index contributed by atoms with van der Waals surface area (Å²) in [5, 5.41) is 4.33. The summed E-state index contributed by atoms with van der Waals surface area (Å²) in [7, 11) is 0. The third-order valence-electron chi connectivity index (χ3n) is 4.39. The minimum absolute atomic E-state index is 0.0343. The SMILES string of the molecule is Clc1cccc([C@H](NCC2=Cc3ccccc3OC2)c2ccccn2)c1. The fraction of sp³-hybridized carbons (Fsp3) is 0.136. The number of ether oxygens (including phenoxy) is 1. The predicted octanol–water partition coefficient (Wildman–Crippen LogP) is 4.89. The van der Waals surface area contributed by atoms with E-state index in [4.69, 9.17) is 16.3 Å². The molecule has 0 saturated heterocycles. The smallest absolute Gasteiger partial charge is 0.127 e. The molecule has 2 heterocycles. The van der Waals surface area contributed by atoms with Gasteiger partial charge in [-0.15, -0.1) is 0 Å². The molecule has 4 rings (SSSR count). The number of halogens is 1. The monoisotopic (exact) mass is 362 g/mol. The molecule has 0 spiro atoms. The molecule has 3 aromatic rings. The van der Waals surface area contributed by atoms with Crippen LogP contribution in [-0.2, 0) is 0 Å². The van der Waals surface area contributed by atoms with Gasteiger partial charge in [-0.1, -0.05) is 48.0 Å². The minimum Gasteiger partial charge on any atom is -0.489 e. The number of benzene rings is 2. The Bertz CT molecular complexity index is 924. The van der Waals surface area contributed by atoms with Crippen LogP contribution in [0.3, 0.4) is 0 Å². The van der Waals surface area contributed by atoms with Gasteiger partial charge in [-0.25, -0.2) is 0 Å². The van der Waals surface area contributed by atoms with Crippen LogP contribution in [0.1, 0.15) is 22.9 Å². The molecule has 0 bridgehead atoms. The Morgan fingerprint density at radius 2 is 1.92 bits per heavy atom. The molecule has 0 radical (unpaired) electrons. The van der Waals surface area contributed by atoms with Crippen LogP contribution >= 0.6 is 11.6 Å². The number of nitrogens with one attached hydrogen (secondary N) is 1. The molecule has 0 aliphatic carbocycles. The molecule has 3 nitrogen and oxygen atoms in total. The predicted molar refractivity (Wildman–Crippen MR) is 105 cm³/mol. The Labute approximate surface area is 158 Å². The maximum atomic E-state index is 6.20. The van der Waals surface area contributed by atoms with Gasteiger partial charge in [-0.3, -0.25) is 4.98 Å². The molecular weight excluding hydrogens is 344 g/mol. The van der Waals surface area contributed by atoms with Crippen molar-refractivity contribution < 1.29 is 4.74 Å². The van der Waals surface area contributed by atoms with Gasteiger partial charge in [0, 0.05) is 23.3 Å². The Morgan fingerprint density at radius 3 is 2.77 bits per heavy atom. The quantitative estimate of drug-likeness (QED) is 0.701. The maximum Gasteiger partial charge on any atom is 0.127 e. The lowest BCUT2D eigenvalue weighted by Crippen LogP contribution is -2.27. The lowest BCUT2D eigenvalue weighted by atomic mass is 10.0. The first kappa shape index (κ1) is 16.8. The Hall–Kier alpha value is -2.62. The van der Waals surface area contributed by atoms with Gasteiger partial charge >= 0.3 is 0 Å². The molecular formula is C22H19ClN2O. The van der Waals surface area contributed by atoms with Crippen molar-refractivity contribution in [3.05, 3.63) is 100 Å². The highest BCUT2D eigenvalue weighted by molar-refractivity contribution is 6.30. The van der Waals surface area contributed by atoms with E-state index in [-0.39, 0.29) is 6.04 Å². The molecule has 0 fully saturated rings. The van der Waals surface area contributed by atoms with Gasteiger partial charge in [0.2, 0.25) is 0 Å². The molecule has 130 valence electrons. The van der Waals surface area contributed by atoms with Crippen molar-refractivity contribution >= 4 is 17.7 Å². The highest BCUT2D eigenvalue weighted by atomic mass is 35.5. The molecule has 0 saturated carbocycles. The molecule has 1 aliphatic heterocycles. The normalized spacial score (nSPS) is 14.1. The summed E-state index contributed by atoms with van der Waals surface area (Å²) >= 11 is 6.20. The van der Waals surface area contributed by atoms with Crippen molar-refractivity contribution in [1.29, 1.82) is 0 Å². The van der Waals surface area contributed by atoms with Crippen LogP contribution in [0, 0.1) is 0 Å². The van der Waals surface area contributed by atoms with Crippen molar-refractivity contribution in [2.45, 2.75) is 6.04 Å². The lowest BCUT2D eigenvalue weighted by molar-refractivity contribution is 0.342. The van der Waals surface area contributed by atoms with Crippen LogP contribution in [0.5, 0.6) is 5.75 Å². The summed E-state index contributed by atoms with van der Waals surface area (Å²) in [5.41, 5.74) is 4.38. The topological polar surface area (TPSA) is 34.1 Å². The third-order valence-corrected chi connectivity index (χ3v) is 4.63. The average molecular weight is 363 g/mol. The second-order valence-corrected chi connectivity index (χ2v) is 6.69. The van der Waals surface area contributed by atoms with Gasteiger partial charge in [0.05, 0.1) is 11.7 Å². The van der Waals surface area contributed by atoms with Gasteiger partial charge < -0.3 is 10.1 Å². The van der Waals surface area contributed by atoms with E-state index in [9.17, 15) is 0 Å². The fourth-order valence-electron chi connectivity index (χ4n) is 3.12. The Kier molecular flexibility index (Phi) is 5.00. The molecule has 0 unspecified atom stereocenters. The summed E-state index contributed by atoms with van der Waals surface area (Å²) in [6, 6.07) is 21.9. The zero-order valence-corrected chi connectivity index (χ0v) is 15.0. The standard InChI is InChI=1S/C22H19ClN2O/c23-19-8-5-7-18(13-19)22(20-9-3-4-11-24-20)25-14-16-12-17-6-1-2-10-21(17)26-15-16/h1-13,22,25H,14-15H2/t22-/m0/s1. The second-order valence-electron chi connectivity index (χ2n) is 6.25. The zero-order valence-electron chi connectivity index (χ0n) is 14.2. The summed E-state index contributed by atoms with van der Waals surface area (Å²) in [6.45, 7) is 1.30. The van der Waals surface area contributed by atoms with Crippen LogP contribution in [0.25, 0.3) is 6.08 Å². The van der Waals surface area contributed by atoms with Gasteiger partial charge in [0.1, 0.15) is 12.4 Å². The van der Waals surface area contributed by atoms with E-state index in [1.165, 1.54) is 5.57 Å². The van der Waals surface area contributed by atoms with Crippen LogP contribution in [0.2, 0.25) is 5.02 Å². The van der Waals surface area contributed by atoms with Gasteiger partial charge in [0.25, 0.3) is 0 Å². The van der Waals surface area contributed by atoms with Crippen molar-refractivity contribution in [3.8, 4) is 5.75 Å². The molecule has 0 amide bonds. The third kappa shape index (κ3) is 3.79. The van der Waals surface area contributed by atoms with E-state index in [0.29, 0.717) is 13.2 Å². The number of para-hydroxylation sites is 1. The minimum atomic E-state index is -0.0343. The molecule has 1 aliphatic rings. The second kappa shape index (κ2) is 7.73. The first-order valence-electron chi connectivity index (χ1n) is 8.61. The van der Waals surface area contributed by atoms with Crippen LogP contribution in [0.4, 0.5) is 0 Å². The summed E-state index contributed by atoms with van der Waals surface area (Å²) < 4.78 is 5.85. The number of nitrogens with zero attached hydrogens (tertiary/aromatic N) is 1. The zero-order chi connectivity index (χ0) is 17.8. The number of hydrogen-bond donors (Lipinski definition) is 1. The van der Waals surface area contributed by atoms with Crippen LogP contribution < -0.4 is 10.1 Å². The highest BCUT2D eigenvalue weighted by Gasteiger charge is 2.17. The Morgan fingerprint density at radius 1 is 1.04 bits per heavy atom. The van der Waals surface area contributed by atoms with Gasteiger partial charge in [0.15, 0.2) is 0 Å². The number of rotatable bonds is 5. The number of fused-ring (bicyclic) bond motifs is 1. The van der Waals surface area contributed by atoms with Crippen molar-refractivity contribution in [1.82, 2.24) is 10.3 Å². The van der Waals surface area contributed by atoms with Crippen molar-refractivity contribution in [2.75, 3.05) is 13.2 Å². The van der Waals surface area contributed by atoms with Gasteiger partial charge in [-0.05, 0) is 47.5 Å². The van der Waals surface area contributed by atoms with E-state index in [1.807, 2.05) is 60.8 Å².